The Morgan fingerprint density at radius 1 is 1.22 bits per heavy atom. The van der Waals surface area contributed by atoms with Gasteiger partial charge in [0.1, 0.15) is 28.9 Å². The molecule has 0 amide bonds. The molecule has 0 aliphatic heterocycles. The lowest BCUT2D eigenvalue weighted by Gasteiger charge is -2.21. The highest BCUT2D eigenvalue weighted by molar-refractivity contribution is 5.82. The number of aromatic nitrogens is 6. The van der Waals surface area contributed by atoms with Crippen LogP contribution in [0.4, 0.5) is 14.6 Å². The molecule has 0 aliphatic carbocycles. The fourth-order valence-electron chi connectivity index (χ4n) is 2.86. The van der Waals surface area contributed by atoms with Gasteiger partial charge in [0.25, 0.3) is 5.56 Å². The molecular weight excluding hydrogens is 358 g/mol. The van der Waals surface area contributed by atoms with Crippen molar-refractivity contribution in [1.29, 1.82) is 0 Å². The number of nitrogens with zero attached hydrogens (tertiary/aromatic N) is 6. The van der Waals surface area contributed by atoms with E-state index in [2.05, 4.69) is 30.2 Å². The molecule has 1 aromatic carbocycles. The average molecular weight is 372 g/mol. The summed E-state index contributed by atoms with van der Waals surface area (Å²) in [5.41, 5.74) is 0.387. The molecule has 2 N–H and O–H groups in total. The van der Waals surface area contributed by atoms with Crippen LogP contribution in [-0.2, 0) is 6.54 Å². The maximum atomic E-state index is 14.1. The summed E-state index contributed by atoms with van der Waals surface area (Å²) in [6, 6.07) is 1.69. The minimum absolute atomic E-state index is 0.0539. The van der Waals surface area contributed by atoms with Gasteiger partial charge in [0, 0.05) is 26.2 Å². The Kier molecular flexibility index (Phi) is 3.90. The van der Waals surface area contributed by atoms with E-state index in [0.717, 1.165) is 6.07 Å². The summed E-state index contributed by atoms with van der Waals surface area (Å²) in [6.45, 7) is 0.0760. The molecule has 138 valence electrons. The van der Waals surface area contributed by atoms with E-state index in [9.17, 15) is 13.6 Å². The van der Waals surface area contributed by atoms with Gasteiger partial charge in [-0.1, -0.05) is 0 Å². The summed E-state index contributed by atoms with van der Waals surface area (Å²) in [7, 11) is 3.25. The van der Waals surface area contributed by atoms with Gasteiger partial charge in [0.05, 0.1) is 18.4 Å². The highest BCUT2D eigenvalue weighted by Gasteiger charge is 2.17. The van der Waals surface area contributed by atoms with Gasteiger partial charge in [-0.3, -0.25) is 4.79 Å². The monoisotopic (exact) mass is 372 g/mol. The molecule has 0 radical (unpaired) electrons. The first kappa shape index (κ1) is 16.8. The molecule has 0 spiro atoms. The van der Waals surface area contributed by atoms with Crippen LogP contribution in [0, 0.1) is 11.6 Å². The highest BCUT2D eigenvalue weighted by Crippen LogP contribution is 2.17. The Labute approximate surface area is 150 Å². The van der Waals surface area contributed by atoms with Gasteiger partial charge < -0.3 is 15.3 Å². The highest BCUT2D eigenvalue weighted by atomic mass is 19.1. The van der Waals surface area contributed by atoms with Crippen LogP contribution in [0.1, 0.15) is 5.82 Å². The van der Waals surface area contributed by atoms with E-state index < -0.39 is 17.2 Å². The first-order valence-corrected chi connectivity index (χ1v) is 7.92. The fourth-order valence-corrected chi connectivity index (χ4v) is 2.86. The maximum absolute atomic E-state index is 14.1. The van der Waals surface area contributed by atoms with Gasteiger partial charge in [0.15, 0.2) is 17.3 Å². The molecule has 9 nitrogen and oxygen atoms in total. The zero-order valence-electron chi connectivity index (χ0n) is 14.4. The molecule has 0 saturated heterocycles. The second-order valence-corrected chi connectivity index (χ2v) is 5.95. The number of rotatable bonds is 4. The number of benzene rings is 1. The van der Waals surface area contributed by atoms with Crippen LogP contribution in [-0.4, -0.2) is 43.7 Å². The van der Waals surface area contributed by atoms with Crippen LogP contribution in [0.15, 0.2) is 29.6 Å². The van der Waals surface area contributed by atoms with Crippen LogP contribution in [0.25, 0.3) is 22.1 Å². The summed E-state index contributed by atoms with van der Waals surface area (Å²) in [6.07, 6.45) is 2.84. The Hall–Kier alpha value is -3.63. The molecule has 0 aliphatic rings. The van der Waals surface area contributed by atoms with Gasteiger partial charge >= 0.3 is 0 Å². The van der Waals surface area contributed by atoms with Crippen LogP contribution < -0.4 is 15.9 Å². The molecule has 3 heterocycles. The number of anilines is 1. The maximum Gasteiger partial charge on any atom is 0.283 e. The predicted molar refractivity (Wildman–Crippen MR) is 95.0 cm³/mol. The van der Waals surface area contributed by atoms with Crippen molar-refractivity contribution >= 4 is 27.9 Å². The van der Waals surface area contributed by atoms with Crippen molar-refractivity contribution in [2.45, 2.75) is 6.54 Å². The van der Waals surface area contributed by atoms with Crippen LogP contribution in [0.2, 0.25) is 0 Å². The molecule has 3 aromatic heterocycles. The number of fused-ring (bicyclic) bond motifs is 2. The van der Waals surface area contributed by atoms with Crippen molar-refractivity contribution < 1.29 is 8.78 Å². The van der Waals surface area contributed by atoms with E-state index >= 15 is 0 Å². The zero-order chi connectivity index (χ0) is 19.1. The van der Waals surface area contributed by atoms with Gasteiger partial charge in [0.2, 0.25) is 0 Å². The zero-order valence-corrected chi connectivity index (χ0v) is 14.4. The van der Waals surface area contributed by atoms with Crippen molar-refractivity contribution in [2.75, 3.05) is 24.4 Å². The Bertz CT molecular complexity index is 1220. The molecule has 0 bridgehead atoms. The van der Waals surface area contributed by atoms with Crippen LogP contribution >= 0.6 is 0 Å². The molecule has 4 rings (SSSR count). The number of hydrogen-bond donors (Lipinski definition) is 2. The number of imidazole rings is 1. The van der Waals surface area contributed by atoms with E-state index in [1.807, 2.05) is 0 Å². The second kappa shape index (κ2) is 6.27. The first-order chi connectivity index (χ1) is 13.0. The third-order valence-electron chi connectivity index (χ3n) is 3.97. The van der Waals surface area contributed by atoms with Crippen molar-refractivity contribution in [3.05, 3.63) is 52.6 Å². The van der Waals surface area contributed by atoms with Gasteiger partial charge in [-0.2, -0.15) is 0 Å². The molecule has 0 atom stereocenters. The van der Waals surface area contributed by atoms with Gasteiger partial charge in [-0.05, 0) is 0 Å². The normalized spacial score (nSPS) is 11.3. The quantitative estimate of drug-likeness (QED) is 0.554. The van der Waals surface area contributed by atoms with E-state index in [1.54, 1.807) is 14.1 Å². The van der Waals surface area contributed by atoms with E-state index in [-0.39, 0.29) is 23.3 Å². The number of hydrogen-bond acceptors (Lipinski definition) is 7. The SMILES string of the molecule is CN(C)n1c(CNc2ncnc3nc[nH]c23)nc2cc(F)cc(F)c2c1=O. The lowest BCUT2D eigenvalue weighted by molar-refractivity contribution is 0.585. The predicted octanol–water partition coefficient (Wildman–Crippen LogP) is 1.15. The minimum atomic E-state index is -0.951. The molecule has 4 aromatic rings. The van der Waals surface area contributed by atoms with E-state index in [4.69, 9.17) is 0 Å². The summed E-state index contributed by atoms with van der Waals surface area (Å²) >= 11 is 0. The standard InChI is InChI=1S/C16H14F2N8O/c1-25(2)26-11(5-19-14-13-15(21-6-20-13)23-7-22-14)24-10-4-8(17)3-9(18)12(10)16(26)27/h3-4,6-7H,5H2,1-2H3,(H2,19,20,21,22,23). The molecule has 0 unspecified atom stereocenters. The van der Waals surface area contributed by atoms with Crippen molar-refractivity contribution in [1.82, 2.24) is 29.6 Å². The van der Waals surface area contributed by atoms with Crippen molar-refractivity contribution in [2.24, 2.45) is 0 Å². The Morgan fingerprint density at radius 2 is 2.04 bits per heavy atom. The van der Waals surface area contributed by atoms with Gasteiger partial charge in [-0.15, -0.1) is 0 Å². The summed E-state index contributed by atoms with van der Waals surface area (Å²) < 4.78 is 28.9. The van der Waals surface area contributed by atoms with Crippen LogP contribution in [0.3, 0.4) is 0 Å². The lowest BCUT2D eigenvalue weighted by atomic mass is 10.2. The number of halogens is 2. The first-order valence-electron chi connectivity index (χ1n) is 7.92. The Morgan fingerprint density at radius 3 is 2.81 bits per heavy atom. The van der Waals surface area contributed by atoms with Gasteiger partial charge in [-0.25, -0.2) is 33.4 Å². The minimum Gasteiger partial charge on any atom is -0.361 e. The number of H-pyrrole nitrogens is 1. The van der Waals surface area contributed by atoms with E-state index in [0.29, 0.717) is 23.0 Å². The number of nitrogens with one attached hydrogen (secondary N) is 2. The summed E-state index contributed by atoms with van der Waals surface area (Å²) in [5, 5.41) is 4.25. The van der Waals surface area contributed by atoms with E-state index in [1.165, 1.54) is 22.3 Å². The lowest BCUT2D eigenvalue weighted by Crippen LogP contribution is -2.40. The smallest absolute Gasteiger partial charge is 0.283 e. The average Bonchev–Trinajstić information content (AvgIpc) is 3.07. The molecule has 0 saturated carbocycles. The largest absolute Gasteiger partial charge is 0.361 e. The molecule has 0 fully saturated rings. The third kappa shape index (κ3) is 2.82. The molecule has 11 heteroatoms. The topological polar surface area (TPSA) is 105 Å². The molecular formula is C16H14F2N8O. The molecule has 27 heavy (non-hydrogen) atoms. The second-order valence-electron chi connectivity index (χ2n) is 5.95. The summed E-state index contributed by atoms with van der Waals surface area (Å²) in [5.74, 6) is -1.03. The van der Waals surface area contributed by atoms with Crippen molar-refractivity contribution in [3.8, 4) is 0 Å². The van der Waals surface area contributed by atoms with Crippen molar-refractivity contribution in [3.63, 3.8) is 0 Å². The summed E-state index contributed by atoms with van der Waals surface area (Å²) in [4.78, 5) is 32.2. The van der Waals surface area contributed by atoms with Crippen LogP contribution in [0.5, 0.6) is 0 Å². The Balaban J connectivity index is 1.82. The number of aromatic amines is 1. The fraction of sp³-hybridized carbons (Fsp3) is 0.188. The third-order valence-corrected chi connectivity index (χ3v) is 3.97.